The van der Waals surface area contributed by atoms with Crippen molar-refractivity contribution in [2.45, 2.75) is 0 Å². The van der Waals surface area contributed by atoms with E-state index in [-0.39, 0.29) is 0 Å². The van der Waals surface area contributed by atoms with E-state index in [9.17, 15) is 0 Å². The van der Waals surface area contributed by atoms with Gasteiger partial charge in [0.15, 0.2) is 5.82 Å². The smallest absolute Gasteiger partial charge is 0.160 e. The summed E-state index contributed by atoms with van der Waals surface area (Å²) in [7, 11) is 0. The number of fused-ring (bicyclic) bond motifs is 5. The number of aromatic nitrogens is 2. The van der Waals surface area contributed by atoms with Crippen LogP contribution in [-0.2, 0) is 0 Å². The zero-order valence-corrected chi connectivity index (χ0v) is 32.7. The molecular weight excluding hydrogens is 725 g/mol. The largest absolute Gasteiger partial charge is 0.228 e. The summed E-state index contributed by atoms with van der Waals surface area (Å²) in [6, 6.07) is 78.8. The van der Waals surface area contributed by atoms with E-state index in [1.807, 2.05) is 6.07 Å². The maximum atomic E-state index is 5.19. The van der Waals surface area contributed by atoms with E-state index in [2.05, 4.69) is 212 Å². The molecule has 0 radical (unpaired) electrons. The van der Waals surface area contributed by atoms with Crippen molar-refractivity contribution in [2.75, 3.05) is 0 Å². The average molecular weight is 761 g/mol. The maximum absolute atomic E-state index is 5.19. The van der Waals surface area contributed by atoms with Crippen LogP contribution in [0.2, 0.25) is 0 Å². The van der Waals surface area contributed by atoms with E-state index in [0.29, 0.717) is 5.82 Å². The second-order valence-corrected chi connectivity index (χ2v) is 15.7. The van der Waals surface area contributed by atoms with Crippen molar-refractivity contribution in [1.82, 2.24) is 9.97 Å². The van der Waals surface area contributed by atoms with E-state index in [0.717, 1.165) is 33.6 Å². The topological polar surface area (TPSA) is 25.8 Å². The Morgan fingerprint density at radius 2 is 0.767 bits per heavy atom. The summed E-state index contributed by atoms with van der Waals surface area (Å²) < 4.78 is 0. The fraction of sp³-hybridized carbons (Fsp3) is 0. The Kier molecular flexibility index (Phi) is 7.89. The van der Waals surface area contributed by atoms with E-state index in [4.69, 9.17) is 9.97 Å². The minimum atomic E-state index is 0.701. The minimum Gasteiger partial charge on any atom is -0.228 e. The number of rotatable bonds is 6. The van der Waals surface area contributed by atoms with Gasteiger partial charge in [-0.15, -0.1) is 0 Å². The highest BCUT2D eigenvalue weighted by atomic mass is 14.9. The lowest BCUT2D eigenvalue weighted by molar-refractivity contribution is 1.18. The molecule has 0 saturated heterocycles. The lowest BCUT2D eigenvalue weighted by Crippen LogP contribution is -1.96. The molecule has 12 rings (SSSR count). The lowest BCUT2D eigenvalue weighted by Gasteiger charge is -2.16. The molecule has 0 aliphatic heterocycles. The molecular formula is C58H36N2. The Bertz CT molecular complexity index is 3430. The molecule has 1 aromatic heterocycles. The van der Waals surface area contributed by atoms with Gasteiger partial charge in [-0.3, -0.25) is 0 Å². The highest BCUT2D eigenvalue weighted by Crippen LogP contribution is 2.49. The second kappa shape index (κ2) is 13.9. The molecule has 1 aliphatic rings. The first-order chi connectivity index (χ1) is 29.7. The Hall–Kier alpha value is -7.94. The van der Waals surface area contributed by atoms with Gasteiger partial charge in [0.25, 0.3) is 0 Å². The van der Waals surface area contributed by atoms with Crippen LogP contribution in [0.5, 0.6) is 0 Å². The van der Waals surface area contributed by atoms with Crippen LogP contribution >= 0.6 is 0 Å². The molecule has 0 spiro atoms. The third-order valence-corrected chi connectivity index (χ3v) is 12.3. The molecule has 1 aliphatic carbocycles. The van der Waals surface area contributed by atoms with Crippen LogP contribution in [0.3, 0.4) is 0 Å². The number of hydrogen-bond donors (Lipinski definition) is 0. The lowest BCUT2D eigenvalue weighted by atomic mass is 9.88. The van der Waals surface area contributed by atoms with Crippen LogP contribution in [0.25, 0.3) is 122 Å². The molecule has 2 heteroatoms. The molecule has 1 heterocycles. The summed E-state index contributed by atoms with van der Waals surface area (Å²) >= 11 is 0. The van der Waals surface area contributed by atoms with Crippen molar-refractivity contribution in [3.63, 3.8) is 0 Å². The molecule has 0 atom stereocenters. The van der Waals surface area contributed by atoms with Gasteiger partial charge in [-0.05, 0) is 100 Å². The number of benzene rings is 10. The van der Waals surface area contributed by atoms with Crippen LogP contribution in [0.15, 0.2) is 218 Å². The zero-order chi connectivity index (χ0) is 39.6. The summed E-state index contributed by atoms with van der Waals surface area (Å²) in [5.74, 6) is 0.701. The molecule has 60 heavy (non-hydrogen) atoms. The third-order valence-electron chi connectivity index (χ3n) is 12.3. The first-order valence-corrected chi connectivity index (χ1v) is 20.6. The molecule has 0 bridgehead atoms. The predicted octanol–water partition coefficient (Wildman–Crippen LogP) is 15.6. The van der Waals surface area contributed by atoms with Crippen molar-refractivity contribution in [3.8, 4) is 89.5 Å². The van der Waals surface area contributed by atoms with Crippen LogP contribution in [0, 0.1) is 0 Å². The molecule has 0 saturated carbocycles. The van der Waals surface area contributed by atoms with Gasteiger partial charge in [0, 0.05) is 16.7 Å². The minimum absolute atomic E-state index is 0.701. The number of hydrogen-bond acceptors (Lipinski definition) is 2. The Morgan fingerprint density at radius 3 is 1.55 bits per heavy atom. The third kappa shape index (κ3) is 5.65. The van der Waals surface area contributed by atoms with Crippen LogP contribution in [0.4, 0.5) is 0 Å². The summed E-state index contributed by atoms with van der Waals surface area (Å²) in [5, 5.41) is 7.48. The van der Waals surface area contributed by atoms with Gasteiger partial charge in [0.2, 0.25) is 0 Å². The Labute approximate surface area is 348 Å². The van der Waals surface area contributed by atoms with E-state index in [1.54, 1.807) is 0 Å². The number of nitrogens with zero attached hydrogens (tertiary/aromatic N) is 2. The average Bonchev–Trinajstić information content (AvgIpc) is 3.66. The zero-order valence-electron chi connectivity index (χ0n) is 32.7. The van der Waals surface area contributed by atoms with Gasteiger partial charge < -0.3 is 0 Å². The summed E-state index contributed by atoms with van der Waals surface area (Å²) in [6.07, 6.45) is 0. The van der Waals surface area contributed by atoms with Gasteiger partial charge in [0.1, 0.15) is 0 Å². The van der Waals surface area contributed by atoms with Gasteiger partial charge in [-0.25, -0.2) is 9.97 Å². The van der Waals surface area contributed by atoms with Crippen LogP contribution < -0.4 is 0 Å². The normalized spacial score (nSPS) is 11.7. The molecule has 0 N–H and O–H groups in total. The molecule has 2 nitrogen and oxygen atoms in total. The van der Waals surface area contributed by atoms with Gasteiger partial charge in [0.05, 0.1) is 11.4 Å². The first kappa shape index (κ1) is 34.1. The molecule has 11 aromatic rings. The van der Waals surface area contributed by atoms with Crippen LogP contribution in [-0.4, -0.2) is 9.97 Å². The summed E-state index contributed by atoms with van der Waals surface area (Å²) in [4.78, 5) is 10.3. The Balaban J connectivity index is 0.939. The SMILES string of the molecule is c1ccc(-c2cc(-c3ccc4ccccc4c3)nc(-c3ccc(-c4c(-c5ccc(-c6ccc7c8c(cccc68)-c6ccccc6-7)cc5)ccc5ccccc45)cc3)n2)cc1. The highest BCUT2D eigenvalue weighted by Gasteiger charge is 2.22. The maximum Gasteiger partial charge on any atom is 0.160 e. The molecule has 10 aromatic carbocycles. The van der Waals surface area contributed by atoms with Gasteiger partial charge >= 0.3 is 0 Å². The van der Waals surface area contributed by atoms with Gasteiger partial charge in [-0.1, -0.05) is 206 Å². The molecule has 278 valence electrons. The highest BCUT2D eigenvalue weighted by molar-refractivity contribution is 6.18. The monoisotopic (exact) mass is 760 g/mol. The summed E-state index contributed by atoms with van der Waals surface area (Å²) in [5.41, 5.74) is 17.4. The van der Waals surface area contributed by atoms with Crippen molar-refractivity contribution < 1.29 is 0 Å². The fourth-order valence-corrected chi connectivity index (χ4v) is 9.33. The van der Waals surface area contributed by atoms with Gasteiger partial charge in [-0.2, -0.15) is 0 Å². The van der Waals surface area contributed by atoms with E-state index in [1.165, 1.54) is 82.4 Å². The predicted molar refractivity (Wildman–Crippen MR) is 252 cm³/mol. The van der Waals surface area contributed by atoms with Crippen molar-refractivity contribution in [1.29, 1.82) is 0 Å². The fourth-order valence-electron chi connectivity index (χ4n) is 9.33. The van der Waals surface area contributed by atoms with Crippen molar-refractivity contribution >= 4 is 32.3 Å². The first-order valence-electron chi connectivity index (χ1n) is 20.6. The Morgan fingerprint density at radius 1 is 0.250 bits per heavy atom. The van der Waals surface area contributed by atoms with E-state index < -0.39 is 0 Å². The quantitative estimate of drug-likeness (QED) is 0.169. The van der Waals surface area contributed by atoms with Crippen molar-refractivity contribution in [2.24, 2.45) is 0 Å². The standard InChI is InChI=1S/C58H36N2/c1-2-13-41(14-3-1)54-36-55(45-30-21-37-11-4-5-15-44(37)35-45)60-58(59-54)43-28-26-42(27-29-43)56-47-16-7-6-12-38(47)31-32-48(56)40-24-22-39(23-25-40)46-33-34-53-50-18-9-8-17-49(50)52-20-10-19-51(46)57(52)53/h1-36H. The molecule has 0 fully saturated rings. The van der Waals surface area contributed by atoms with Crippen molar-refractivity contribution in [3.05, 3.63) is 218 Å². The molecule has 0 amide bonds. The van der Waals surface area contributed by atoms with Crippen LogP contribution in [0.1, 0.15) is 0 Å². The van der Waals surface area contributed by atoms with E-state index >= 15 is 0 Å². The molecule has 0 unspecified atom stereocenters. The second-order valence-electron chi connectivity index (χ2n) is 15.7. The summed E-state index contributed by atoms with van der Waals surface area (Å²) in [6.45, 7) is 0.